The molecule has 1 amide bonds. The number of ether oxygens (including phenoxy) is 2. The molecule has 2 fully saturated rings. The topological polar surface area (TPSA) is 50.9 Å². The second-order valence-corrected chi connectivity index (χ2v) is 4.63. The number of benzene rings is 1. The highest BCUT2D eigenvalue weighted by Gasteiger charge is 2.27. The Labute approximate surface area is 104 Å². The lowest BCUT2D eigenvalue weighted by molar-refractivity contribution is 0.0946. The van der Waals surface area contributed by atoms with Crippen molar-refractivity contribution >= 4 is 5.91 Å². The first kappa shape index (κ1) is 11.5. The van der Waals surface area contributed by atoms with Crippen molar-refractivity contribution in [2.75, 3.05) is 13.2 Å². The summed E-state index contributed by atoms with van der Waals surface area (Å²) in [5.74, 6) is -0.867. The van der Waals surface area contributed by atoms with E-state index in [2.05, 4.69) is 5.32 Å². The van der Waals surface area contributed by atoms with Crippen molar-refractivity contribution in [2.45, 2.75) is 25.0 Å². The lowest BCUT2D eigenvalue weighted by atomic mass is 10.2. The van der Waals surface area contributed by atoms with Crippen molar-refractivity contribution in [3.63, 3.8) is 0 Å². The molecule has 4 nitrogen and oxygen atoms in total. The summed E-state index contributed by atoms with van der Waals surface area (Å²) in [6.45, 7) is 0.980. The van der Waals surface area contributed by atoms with Gasteiger partial charge in [0.05, 0.1) is 12.2 Å². The van der Waals surface area contributed by atoms with Crippen LogP contribution in [0.2, 0.25) is 0 Å². The summed E-state index contributed by atoms with van der Waals surface area (Å²) in [7, 11) is 0. The first-order valence-corrected chi connectivity index (χ1v) is 6.08. The van der Waals surface area contributed by atoms with E-state index in [1.807, 2.05) is 0 Å². The predicted molar refractivity (Wildman–Crippen MR) is 62.1 cm³/mol. The van der Waals surface area contributed by atoms with Gasteiger partial charge in [-0.05, 0) is 25.0 Å². The van der Waals surface area contributed by atoms with E-state index >= 15 is 0 Å². The third kappa shape index (κ3) is 2.61. The first-order chi connectivity index (χ1) is 8.74. The molecule has 1 saturated carbocycles. The van der Waals surface area contributed by atoms with Crippen LogP contribution >= 0.6 is 0 Å². The van der Waals surface area contributed by atoms with Gasteiger partial charge in [-0.25, -0.2) is 4.39 Å². The quantitative estimate of drug-likeness (QED) is 0.807. The van der Waals surface area contributed by atoms with Crippen LogP contribution in [0, 0.1) is 5.82 Å². The molecule has 1 aliphatic heterocycles. The van der Waals surface area contributed by atoms with Crippen molar-refractivity contribution < 1.29 is 18.7 Å². The summed E-state index contributed by atoms with van der Waals surface area (Å²) in [4.78, 5) is 11.8. The Morgan fingerprint density at radius 1 is 1.50 bits per heavy atom. The number of hydrogen-bond donors (Lipinski definition) is 1. The Morgan fingerprint density at radius 2 is 2.28 bits per heavy atom. The summed E-state index contributed by atoms with van der Waals surface area (Å²) in [6.07, 6.45) is 2.01. The number of hydrogen-bond acceptors (Lipinski definition) is 3. The Kier molecular flexibility index (Phi) is 2.91. The molecule has 0 spiro atoms. The Morgan fingerprint density at radius 3 is 2.94 bits per heavy atom. The number of nitrogens with one attached hydrogen (secondary N) is 1. The van der Waals surface area contributed by atoms with Crippen molar-refractivity contribution in [1.29, 1.82) is 0 Å². The molecule has 5 heteroatoms. The second-order valence-electron chi connectivity index (χ2n) is 4.63. The van der Waals surface area contributed by atoms with Gasteiger partial charge in [0.1, 0.15) is 12.7 Å². The molecule has 18 heavy (non-hydrogen) atoms. The molecule has 0 radical (unpaired) electrons. The zero-order chi connectivity index (χ0) is 12.5. The summed E-state index contributed by atoms with van der Waals surface area (Å²) in [5, 5.41) is 2.76. The molecule has 1 atom stereocenters. The van der Waals surface area contributed by atoms with Gasteiger partial charge >= 0.3 is 0 Å². The summed E-state index contributed by atoms with van der Waals surface area (Å²) >= 11 is 0. The van der Waals surface area contributed by atoms with Crippen LogP contribution in [-0.4, -0.2) is 31.3 Å². The lowest BCUT2D eigenvalue weighted by Gasteiger charge is -2.09. The van der Waals surface area contributed by atoms with Gasteiger partial charge in [0.15, 0.2) is 11.6 Å². The van der Waals surface area contributed by atoms with E-state index in [9.17, 15) is 9.18 Å². The molecule has 96 valence electrons. The van der Waals surface area contributed by atoms with Crippen LogP contribution in [0.25, 0.3) is 0 Å². The molecule has 0 aromatic heterocycles. The highest BCUT2D eigenvalue weighted by molar-refractivity contribution is 5.95. The van der Waals surface area contributed by atoms with E-state index in [1.54, 1.807) is 6.07 Å². The van der Waals surface area contributed by atoms with E-state index < -0.39 is 5.82 Å². The van der Waals surface area contributed by atoms with Crippen molar-refractivity contribution in [2.24, 2.45) is 0 Å². The Balaban J connectivity index is 1.71. The summed E-state index contributed by atoms with van der Waals surface area (Å²) in [5.41, 5.74) is 0.0381. The molecule has 1 saturated heterocycles. The minimum Gasteiger partial charge on any atom is -0.488 e. The maximum Gasteiger partial charge on any atom is 0.254 e. The van der Waals surface area contributed by atoms with Gasteiger partial charge in [-0.15, -0.1) is 0 Å². The first-order valence-electron chi connectivity index (χ1n) is 6.08. The standard InChI is InChI=1S/C13H14FNO3/c14-12-10(13(16)15-8-4-5-8)2-1-3-11(12)18-7-9-6-17-9/h1-3,8-9H,4-7H2,(H,15,16)/t9-/m0/s1. The lowest BCUT2D eigenvalue weighted by Crippen LogP contribution is -2.26. The minimum atomic E-state index is -0.601. The number of halogens is 1. The largest absolute Gasteiger partial charge is 0.488 e. The van der Waals surface area contributed by atoms with Crippen LogP contribution in [0.1, 0.15) is 23.2 Å². The van der Waals surface area contributed by atoms with Crippen LogP contribution in [0.3, 0.4) is 0 Å². The van der Waals surface area contributed by atoms with E-state index in [-0.39, 0.29) is 29.4 Å². The molecule has 0 bridgehead atoms. The summed E-state index contributed by atoms with van der Waals surface area (Å²) in [6, 6.07) is 4.81. The highest BCUT2D eigenvalue weighted by Crippen LogP contribution is 2.24. The molecular weight excluding hydrogens is 237 g/mol. The average molecular weight is 251 g/mol. The van der Waals surface area contributed by atoms with Crippen LogP contribution in [0.5, 0.6) is 5.75 Å². The van der Waals surface area contributed by atoms with Crippen LogP contribution in [0.15, 0.2) is 18.2 Å². The van der Waals surface area contributed by atoms with Crippen LogP contribution < -0.4 is 10.1 Å². The average Bonchev–Trinajstić information content (AvgIpc) is 3.22. The number of carbonyl (C=O) groups is 1. The zero-order valence-electron chi connectivity index (χ0n) is 9.82. The smallest absolute Gasteiger partial charge is 0.254 e. The molecule has 1 N–H and O–H groups in total. The number of rotatable bonds is 5. The fraction of sp³-hybridized carbons (Fsp3) is 0.462. The van der Waals surface area contributed by atoms with Gasteiger partial charge in [0.25, 0.3) is 5.91 Å². The van der Waals surface area contributed by atoms with Gasteiger partial charge in [-0.1, -0.05) is 6.07 Å². The minimum absolute atomic E-state index is 0.0381. The fourth-order valence-electron chi connectivity index (χ4n) is 1.64. The predicted octanol–water partition coefficient (Wildman–Crippen LogP) is 1.50. The third-order valence-electron chi connectivity index (χ3n) is 2.95. The molecule has 1 aromatic carbocycles. The summed E-state index contributed by atoms with van der Waals surface area (Å²) < 4.78 is 24.3. The van der Waals surface area contributed by atoms with Gasteiger partial charge in [0, 0.05) is 6.04 Å². The van der Waals surface area contributed by atoms with Gasteiger partial charge < -0.3 is 14.8 Å². The van der Waals surface area contributed by atoms with Crippen molar-refractivity contribution in [3.05, 3.63) is 29.6 Å². The fourth-order valence-corrected chi connectivity index (χ4v) is 1.64. The van der Waals surface area contributed by atoms with E-state index in [1.165, 1.54) is 12.1 Å². The zero-order valence-corrected chi connectivity index (χ0v) is 9.82. The van der Waals surface area contributed by atoms with Crippen molar-refractivity contribution in [1.82, 2.24) is 5.32 Å². The monoisotopic (exact) mass is 251 g/mol. The second kappa shape index (κ2) is 4.57. The van der Waals surface area contributed by atoms with Crippen molar-refractivity contribution in [3.8, 4) is 5.75 Å². The molecule has 2 aliphatic rings. The maximum atomic E-state index is 14.0. The van der Waals surface area contributed by atoms with Crippen LogP contribution in [-0.2, 0) is 4.74 Å². The number of carbonyl (C=O) groups excluding carboxylic acids is 1. The number of epoxide rings is 1. The normalized spacial score (nSPS) is 21.5. The van der Waals surface area contributed by atoms with Gasteiger partial charge in [-0.3, -0.25) is 4.79 Å². The molecule has 0 unspecified atom stereocenters. The molecule has 1 heterocycles. The Bertz CT molecular complexity index is 469. The van der Waals surface area contributed by atoms with E-state index in [0.717, 1.165) is 12.8 Å². The highest BCUT2D eigenvalue weighted by atomic mass is 19.1. The molecule has 1 aromatic rings. The van der Waals surface area contributed by atoms with Crippen LogP contribution in [0.4, 0.5) is 4.39 Å². The van der Waals surface area contributed by atoms with Gasteiger partial charge in [-0.2, -0.15) is 0 Å². The molecule has 3 rings (SSSR count). The molecule has 1 aliphatic carbocycles. The van der Waals surface area contributed by atoms with E-state index in [4.69, 9.17) is 9.47 Å². The van der Waals surface area contributed by atoms with E-state index in [0.29, 0.717) is 13.2 Å². The molecular formula is C13H14FNO3. The SMILES string of the molecule is O=C(NC1CC1)c1cccc(OC[C@@H]2CO2)c1F. The number of amides is 1. The Hall–Kier alpha value is -1.62. The maximum absolute atomic E-state index is 14.0. The third-order valence-corrected chi connectivity index (χ3v) is 2.95. The van der Waals surface area contributed by atoms with Gasteiger partial charge in [0.2, 0.25) is 0 Å².